The molecule has 0 aliphatic carbocycles. The van der Waals surface area contributed by atoms with Gasteiger partial charge in [-0.25, -0.2) is 9.38 Å². The summed E-state index contributed by atoms with van der Waals surface area (Å²) in [4.78, 5) is 4.68. The van der Waals surface area contributed by atoms with E-state index in [1.54, 1.807) is 24.9 Å². The fourth-order valence-corrected chi connectivity index (χ4v) is 3.57. The molecular formula is C19H30FN3O2S. The van der Waals surface area contributed by atoms with Crippen LogP contribution < -0.4 is 10.6 Å². The van der Waals surface area contributed by atoms with E-state index in [0.29, 0.717) is 13.1 Å². The zero-order chi connectivity index (χ0) is 18.8. The number of nitrogens with one attached hydrogen (secondary N) is 2. The number of halogens is 1. The van der Waals surface area contributed by atoms with Gasteiger partial charge in [0.1, 0.15) is 5.82 Å². The molecule has 2 N–H and O–H groups in total. The van der Waals surface area contributed by atoms with Gasteiger partial charge in [0.25, 0.3) is 0 Å². The summed E-state index contributed by atoms with van der Waals surface area (Å²) in [5.41, 5.74) is 1.83. The molecule has 1 aromatic rings. The van der Waals surface area contributed by atoms with Crippen molar-refractivity contribution in [1.29, 1.82) is 0 Å². The molecule has 1 saturated heterocycles. The standard InChI is InChI=1S/C19H30FN3O2S/c1-4-21-18(23-14-19(24-2)7-9-25-10-8-19)22-12-15-5-6-17(20)11-16(15)13-26-3/h5-6,11H,4,7-10,12-14H2,1-3H3,(H2,21,22,23). The Morgan fingerprint density at radius 2 is 2.08 bits per heavy atom. The number of thioether (sulfide) groups is 1. The molecule has 2 rings (SSSR count). The van der Waals surface area contributed by atoms with Crippen molar-refractivity contribution in [3.63, 3.8) is 0 Å². The van der Waals surface area contributed by atoms with Crippen molar-refractivity contribution in [2.75, 3.05) is 39.7 Å². The van der Waals surface area contributed by atoms with Gasteiger partial charge in [-0.05, 0) is 36.4 Å². The summed E-state index contributed by atoms with van der Waals surface area (Å²) in [6.45, 7) is 5.44. The zero-order valence-corrected chi connectivity index (χ0v) is 16.8. The van der Waals surface area contributed by atoms with Gasteiger partial charge in [-0.2, -0.15) is 11.8 Å². The van der Waals surface area contributed by atoms with E-state index in [0.717, 1.165) is 55.4 Å². The highest BCUT2D eigenvalue weighted by Crippen LogP contribution is 2.23. The van der Waals surface area contributed by atoms with Gasteiger partial charge >= 0.3 is 0 Å². The Hall–Kier alpha value is -1.31. The lowest BCUT2D eigenvalue weighted by atomic mass is 9.94. The number of rotatable bonds is 8. The summed E-state index contributed by atoms with van der Waals surface area (Å²) >= 11 is 1.68. The minimum atomic E-state index is -0.214. The van der Waals surface area contributed by atoms with E-state index in [2.05, 4.69) is 15.6 Å². The normalized spacial score (nSPS) is 17.2. The average Bonchev–Trinajstić information content (AvgIpc) is 2.66. The molecule has 0 saturated carbocycles. The summed E-state index contributed by atoms with van der Waals surface area (Å²) in [5.74, 6) is 1.32. The fraction of sp³-hybridized carbons (Fsp3) is 0.632. The van der Waals surface area contributed by atoms with Crippen LogP contribution in [0.5, 0.6) is 0 Å². The summed E-state index contributed by atoms with van der Waals surface area (Å²) in [5, 5.41) is 6.66. The topological polar surface area (TPSA) is 54.9 Å². The molecule has 5 nitrogen and oxygen atoms in total. The molecule has 0 spiro atoms. The molecule has 1 aliphatic heterocycles. The van der Waals surface area contributed by atoms with E-state index >= 15 is 0 Å². The second-order valence-corrected chi connectivity index (χ2v) is 7.26. The third-order valence-electron chi connectivity index (χ3n) is 4.63. The predicted molar refractivity (Wildman–Crippen MR) is 106 cm³/mol. The van der Waals surface area contributed by atoms with Crippen LogP contribution in [-0.2, 0) is 21.8 Å². The highest BCUT2D eigenvalue weighted by atomic mass is 32.2. The van der Waals surface area contributed by atoms with Gasteiger partial charge in [0, 0.05) is 52.0 Å². The SMILES string of the molecule is CCNC(=NCc1ccc(F)cc1CSC)NCC1(OC)CCOCC1. The average molecular weight is 384 g/mol. The Kier molecular flexibility index (Phi) is 8.68. The molecule has 0 unspecified atom stereocenters. The number of benzene rings is 1. The van der Waals surface area contributed by atoms with Gasteiger partial charge in [0.2, 0.25) is 0 Å². The highest BCUT2D eigenvalue weighted by molar-refractivity contribution is 7.97. The second-order valence-electron chi connectivity index (χ2n) is 6.39. The maximum Gasteiger partial charge on any atom is 0.191 e. The van der Waals surface area contributed by atoms with E-state index in [1.165, 1.54) is 6.07 Å². The van der Waals surface area contributed by atoms with Crippen molar-refractivity contribution in [1.82, 2.24) is 10.6 Å². The highest BCUT2D eigenvalue weighted by Gasteiger charge is 2.32. The maximum atomic E-state index is 13.5. The molecule has 0 atom stereocenters. The van der Waals surface area contributed by atoms with Crippen LogP contribution in [0.25, 0.3) is 0 Å². The van der Waals surface area contributed by atoms with Gasteiger partial charge in [0.05, 0.1) is 12.1 Å². The van der Waals surface area contributed by atoms with Crippen molar-refractivity contribution in [2.24, 2.45) is 4.99 Å². The summed E-state index contributed by atoms with van der Waals surface area (Å²) in [7, 11) is 1.75. The number of nitrogens with zero attached hydrogens (tertiary/aromatic N) is 1. The monoisotopic (exact) mass is 383 g/mol. The van der Waals surface area contributed by atoms with Crippen LogP contribution in [0.2, 0.25) is 0 Å². The molecule has 7 heteroatoms. The first-order valence-corrected chi connectivity index (χ1v) is 10.4. The second kappa shape index (κ2) is 10.7. The van der Waals surface area contributed by atoms with Crippen molar-refractivity contribution < 1.29 is 13.9 Å². The molecule has 0 amide bonds. The summed E-state index contributed by atoms with van der Waals surface area (Å²) in [6, 6.07) is 4.92. The molecule has 0 bridgehead atoms. The molecule has 1 aliphatic rings. The predicted octanol–water partition coefficient (Wildman–Crippen LogP) is 2.94. The van der Waals surface area contributed by atoms with Crippen molar-refractivity contribution in [3.8, 4) is 0 Å². The molecule has 0 radical (unpaired) electrons. The van der Waals surface area contributed by atoms with Crippen LogP contribution in [-0.4, -0.2) is 51.2 Å². The lowest BCUT2D eigenvalue weighted by Gasteiger charge is -2.36. The van der Waals surface area contributed by atoms with E-state index in [-0.39, 0.29) is 11.4 Å². The molecule has 1 aromatic carbocycles. The third kappa shape index (κ3) is 6.14. The van der Waals surface area contributed by atoms with Gasteiger partial charge in [-0.3, -0.25) is 0 Å². The maximum absolute atomic E-state index is 13.5. The molecular weight excluding hydrogens is 353 g/mol. The Labute approximate surface area is 160 Å². The Morgan fingerprint density at radius 1 is 1.31 bits per heavy atom. The number of hydrogen-bond acceptors (Lipinski definition) is 4. The summed E-state index contributed by atoms with van der Waals surface area (Å²) in [6.07, 6.45) is 3.75. The molecule has 146 valence electrons. The largest absolute Gasteiger partial charge is 0.381 e. The van der Waals surface area contributed by atoms with Gasteiger partial charge in [-0.1, -0.05) is 6.07 Å². The Morgan fingerprint density at radius 3 is 2.73 bits per heavy atom. The fourth-order valence-electron chi connectivity index (χ4n) is 2.99. The van der Waals surface area contributed by atoms with Gasteiger partial charge in [-0.15, -0.1) is 0 Å². The molecule has 1 heterocycles. The minimum Gasteiger partial charge on any atom is -0.381 e. The van der Waals surface area contributed by atoms with E-state index in [9.17, 15) is 4.39 Å². The van der Waals surface area contributed by atoms with Crippen LogP contribution in [0.1, 0.15) is 30.9 Å². The van der Waals surface area contributed by atoms with Gasteiger partial charge in [0.15, 0.2) is 5.96 Å². The Balaban J connectivity index is 2.04. The van der Waals surface area contributed by atoms with Gasteiger partial charge < -0.3 is 20.1 Å². The number of guanidine groups is 1. The van der Waals surface area contributed by atoms with Crippen LogP contribution in [0.15, 0.2) is 23.2 Å². The third-order valence-corrected chi connectivity index (χ3v) is 5.23. The summed E-state index contributed by atoms with van der Waals surface area (Å²) < 4.78 is 24.7. The first-order valence-electron chi connectivity index (χ1n) is 9.04. The smallest absolute Gasteiger partial charge is 0.191 e. The van der Waals surface area contributed by atoms with Crippen molar-refractivity contribution >= 4 is 17.7 Å². The molecule has 0 aromatic heterocycles. The first kappa shape index (κ1) is 21.0. The lowest BCUT2D eigenvalue weighted by Crippen LogP contribution is -2.50. The lowest BCUT2D eigenvalue weighted by molar-refractivity contribution is -0.0855. The first-order chi connectivity index (χ1) is 12.6. The van der Waals surface area contributed by atoms with E-state index in [1.807, 2.05) is 19.2 Å². The quantitative estimate of drug-likeness (QED) is 0.534. The number of ether oxygens (including phenoxy) is 2. The van der Waals surface area contributed by atoms with E-state index < -0.39 is 0 Å². The number of methoxy groups -OCH3 is 1. The molecule has 1 fully saturated rings. The van der Waals surface area contributed by atoms with E-state index in [4.69, 9.17) is 9.47 Å². The van der Waals surface area contributed by atoms with Crippen molar-refractivity contribution in [3.05, 3.63) is 35.1 Å². The van der Waals surface area contributed by atoms with Crippen LogP contribution >= 0.6 is 11.8 Å². The van der Waals surface area contributed by atoms with Crippen LogP contribution in [0.3, 0.4) is 0 Å². The zero-order valence-electron chi connectivity index (χ0n) is 15.9. The van der Waals surface area contributed by atoms with Crippen LogP contribution in [0.4, 0.5) is 4.39 Å². The number of aliphatic imine (C=N–C) groups is 1. The minimum absolute atomic E-state index is 0.201. The number of hydrogen-bond donors (Lipinski definition) is 2. The van der Waals surface area contributed by atoms with Crippen LogP contribution in [0, 0.1) is 5.82 Å². The Bertz CT molecular complexity index is 592. The molecule has 26 heavy (non-hydrogen) atoms. The van der Waals surface area contributed by atoms with Crippen molar-refractivity contribution in [2.45, 2.75) is 37.7 Å².